The third-order valence-corrected chi connectivity index (χ3v) is 3.37. The normalized spacial score (nSPS) is 14.3. The first-order valence-electron chi connectivity index (χ1n) is 6.07. The van der Waals surface area contributed by atoms with Crippen LogP contribution in [0.3, 0.4) is 0 Å². The lowest BCUT2D eigenvalue weighted by Crippen LogP contribution is -2.25. The summed E-state index contributed by atoms with van der Waals surface area (Å²) in [5.74, 6) is 1.76. The van der Waals surface area contributed by atoms with E-state index in [2.05, 4.69) is 5.32 Å². The minimum absolute atomic E-state index is 0.825. The highest BCUT2D eigenvalue weighted by Crippen LogP contribution is 2.33. The maximum Gasteiger partial charge on any atom is 0.134 e. The second-order valence-corrected chi connectivity index (χ2v) is 4.38. The van der Waals surface area contributed by atoms with Gasteiger partial charge in [0.2, 0.25) is 0 Å². The van der Waals surface area contributed by atoms with E-state index < -0.39 is 0 Å². The van der Waals surface area contributed by atoms with Gasteiger partial charge in [0.15, 0.2) is 0 Å². The molecule has 0 fully saturated rings. The van der Waals surface area contributed by atoms with E-state index in [0.29, 0.717) is 0 Å². The summed E-state index contributed by atoms with van der Waals surface area (Å²) in [5.41, 5.74) is 3.25. The van der Waals surface area contributed by atoms with Crippen molar-refractivity contribution in [2.45, 2.75) is 13.0 Å². The number of rotatable bonds is 2. The molecule has 1 aliphatic heterocycles. The standard InChI is InChI=1S/C14H16N2O2/c1-17-9-3-4-10-13(7-9)16-12-5-6-15-8-11(12)14(10)18-2/h3-4,7,15H,5-6,8H2,1-2H3. The summed E-state index contributed by atoms with van der Waals surface area (Å²) in [7, 11) is 3.38. The molecule has 0 aliphatic carbocycles. The monoisotopic (exact) mass is 244 g/mol. The summed E-state index contributed by atoms with van der Waals surface area (Å²) in [4.78, 5) is 4.73. The molecule has 0 atom stereocenters. The smallest absolute Gasteiger partial charge is 0.134 e. The highest BCUT2D eigenvalue weighted by Gasteiger charge is 2.18. The van der Waals surface area contributed by atoms with Gasteiger partial charge >= 0.3 is 0 Å². The third-order valence-electron chi connectivity index (χ3n) is 3.37. The summed E-state index contributed by atoms with van der Waals surface area (Å²) in [5, 5.41) is 4.40. The van der Waals surface area contributed by atoms with Crippen molar-refractivity contribution in [1.82, 2.24) is 10.3 Å². The van der Waals surface area contributed by atoms with E-state index >= 15 is 0 Å². The zero-order chi connectivity index (χ0) is 12.5. The van der Waals surface area contributed by atoms with E-state index in [1.807, 2.05) is 18.2 Å². The first-order chi connectivity index (χ1) is 8.83. The van der Waals surface area contributed by atoms with Gasteiger partial charge in [0.05, 0.1) is 25.4 Å². The molecule has 2 heterocycles. The number of nitrogens with zero attached hydrogens (tertiary/aromatic N) is 1. The van der Waals surface area contributed by atoms with Crippen molar-refractivity contribution in [3.05, 3.63) is 29.5 Å². The summed E-state index contributed by atoms with van der Waals surface area (Å²) in [6.45, 7) is 1.80. The molecule has 3 rings (SSSR count). The molecule has 1 aromatic heterocycles. The van der Waals surface area contributed by atoms with E-state index in [9.17, 15) is 0 Å². The van der Waals surface area contributed by atoms with Gasteiger partial charge < -0.3 is 14.8 Å². The summed E-state index contributed by atoms with van der Waals surface area (Å²) in [6.07, 6.45) is 0.943. The fraction of sp³-hybridized carbons (Fsp3) is 0.357. The van der Waals surface area contributed by atoms with Gasteiger partial charge in [-0.1, -0.05) is 0 Å². The average Bonchev–Trinajstić information content (AvgIpc) is 2.44. The number of fused-ring (bicyclic) bond motifs is 2. The molecule has 4 nitrogen and oxygen atoms in total. The molecule has 1 aliphatic rings. The second-order valence-electron chi connectivity index (χ2n) is 4.38. The minimum Gasteiger partial charge on any atom is -0.497 e. The molecule has 0 unspecified atom stereocenters. The highest BCUT2D eigenvalue weighted by atomic mass is 16.5. The van der Waals surface area contributed by atoms with Crippen molar-refractivity contribution in [3.63, 3.8) is 0 Å². The number of nitrogens with one attached hydrogen (secondary N) is 1. The topological polar surface area (TPSA) is 43.4 Å². The molecule has 0 bridgehead atoms. The summed E-state index contributed by atoms with van der Waals surface area (Å²) >= 11 is 0. The maximum atomic E-state index is 5.58. The Kier molecular flexibility index (Phi) is 2.80. The Bertz CT molecular complexity index is 596. The van der Waals surface area contributed by atoms with Gasteiger partial charge in [0.1, 0.15) is 11.5 Å². The summed E-state index contributed by atoms with van der Waals surface area (Å²) in [6, 6.07) is 5.91. The predicted octanol–water partition coefficient (Wildman–Crippen LogP) is 1.90. The molecule has 1 N–H and O–H groups in total. The van der Waals surface area contributed by atoms with Gasteiger partial charge in [-0.05, 0) is 12.1 Å². The molecule has 0 amide bonds. The Morgan fingerprint density at radius 3 is 2.89 bits per heavy atom. The van der Waals surface area contributed by atoms with Crippen LogP contribution in [-0.2, 0) is 13.0 Å². The SMILES string of the molecule is COc1ccc2c(OC)c3c(nc2c1)CCNC3. The van der Waals surface area contributed by atoms with Gasteiger partial charge in [-0.2, -0.15) is 0 Å². The number of hydrogen-bond acceptors (Lipinski definition) is 4. The molecule has 2 aromatic rings. The minimum atomic E-state index is 0.825. The third kappa shape index (κ3) is 1.69. The first-order valence-corrected chi connectivity index (χ1v) is 6.07. The van der Waals surface area contributed by atoms with Gasteiger partial charge in [-0.15, -0.1) is 0 Å². The molecule has 94 valence electrons. The van der Waals surface area contributed by atoms with E-state index in [4.69, 9.17) is 14.5 Å². The quantitative estimate of drug-likeness (QED) is 0.876. The number of hydrogen-bond donors (Lipinski definition) is 1. The van der Waals surface area contributed by atoms with Gasteiger partial charge in [-0.3, -0.25) is 4.98 Å². The highest BCUT2D eigenvalue weighted by molar-refractivity contribution is 5.88. The Labute approximate surface area is 106 Å². The summed E-state index contributed by atoms with van der Waals surface area (Å²) < 4.78 is 10.8. The van der Waals surface area contributed by atoms with Gasteiger partial charge in [0.25, 0.3) is 0 Å². The lowest BCUT2D eigenvalue weighted by molar-refractivity contribution is 0.407. The number of methoxy groups -OCH3 is 2. The molecule has 0 radical (unpaired) electrons. The van der Waals surface area contributed by atoms with Crippen molar-refractivity contribution < 1.29 is 9.47 Å². The van der Waals surface area contributed by atoms with Crippen molar-refractivity contribution in [1.29, 1.82) is 0 Å². The maximum absolute atomic E-state index is 5.58. The van der Waals surface area contributed by atoms with Crippen LogP contribution < -0.4 is 14.8 Å². The number of aromatic nitrogens is 1. The lowest BCUT2D eigenvalue weighted by atomic mass is 10.0. The Morgan fingerprint density at radius 1 is 1.22 bits per heavy atom. The average molecular weight is 244 g/mol. The number of pyridine rings is 1. The Balaban J connectivity index is 2.29. The molecule has 0 saturated heterocycles. The van der Waals surface area contributed by atoms with Gasteiger partial charge in [-0.25, -0.2) is 0 Å². The van der Waals surface area contributed by atoms with E-state index in [1.165, 1.54) is 5.56 Å². The van der Waals surface area contributed by atoms with Crippen LogP contribution in [0, 0.1) is 0 Å². The molecule has 18 heavy (non-hydrogen) atoms. The molecular weight excluding hydrogens is 228 g/mol. The van der Waals surface area contributed by atoms with Crippen LogP contribution in [-0.4, -0.2) is 25.7 Å². The second kappa shape index (κ2) is 4.46. The van der Waals surface area contributed by atoms with Crippen LogP contribution in [0.1, 0.15) is 11.3 Å². The van der Waals surface area contributed by atoms with Crippen LogP contribution in [0.2, 0.25) is 0 Å². The van der Waals surface area contributed by atoms with E-state index in [-0.39, 0.29) is 0 Å². The molecule has 1 aromatic carbocycles. The van der Waals surface area contributed by atoms with Gasteiger partial charge in [0, 0.05) is 36.5 Å². The van der Waals surface area contributed by atoms with E-state index in [0.717, 1.165) is 47.6 Å². The number of benzene rings is 1. The zero-order valence-corrected chi connectivity index (χ0v) is 10.6. The fourth-order valence-corrected chi connectivity index (χ4v) is 2.47. The predicted molar refractivity (Wildman–Crippen MR) is 70.3 cm³/mol. The molecule has 4 heteroatoms. The van der Waals surface area contributed by atoms with Crippen LogP contribution in [0.25, 0.3) is 10.9 Å². The van der Waals surface area contributed by atoms with Crippen LogP contribution in [0.4, 0.5) is 0 Å². The van der Waals surface area contributed by atoms with E-state index in [1.54, 1.807) is 14.2 Å². The van der Waals surface area contributed by atoms with Crippen LogP contribution >= 0.6 is 0 Å². The Hall–Kier alpha value is -1.81. The van der Waals surface area contributed by atoms with Crippen molar-refractivity contribution in [3.8, 4) is 11.5 Å². The Morgan fingerprint density at radius 2 is 2.11 bits per heavy atom. The largest absolute Gasteiger partial charge is 0.497 e. The zero-order valence-electron chi connectivity index (χ0n) is 10.6. The lowest BCUT2D eigenvalue weighted by Gasteiger charge is -2.20. The van der Waals surface area contributed by atoms with Crippen molar-refractivity contribution >= 4 is 10.9 Å². The molecular formula is C14H16N2O2. The fourth-order valence-electron chi connectivity index (χ4n) is 2.47. The van der Waals surface area contributed by atoms with Crippen molar-refractivity contribution in [2.75, 3.05) is 20.8 Å². The van der Waals surface area contributed by atoms with Crippen LogP contribution in [0.15, 0.2) is 18.2 Å². The molecule has 0 saturated carbocycles. The number of ether oxygens (including phenoxy) is 2. The van der Waals surface area contributed by atoms with Crippen molar-refractivity contribution in [2.24, 2.45) is 0 Å². The van der Waals surface area contributed by atoms with Crippen LogP contribution in [0.5, 0.6) is 11.5 Å². The first kappa shape index (κ1) is 11.3. The molecule has 0 spiro atoms.